The van der Waals surface area contributed by atoms with Gasteiger partial charge in [0.05, 0.1) is 0 Å². The fourth-order valence-electron chi connectivity index (χ4n) is 1.72. The first kappa shape index (κ1) is 18.1. The number of hydrogen-bond donors (Lipinski definition) is 1. The second-order valence-corrected chi connectivity index (χ2v) is 10.5. The maximum atomic E-state index is 6.23. The molecule has 0 aliphatic carbocycles. The number of hydrogen-bond acceptors (Lipinski definition) is 3. The number of rotatable bonds is 7. The van der Waals surface area contributed by atoms with Gasteiger partial charge in [0, 0.05) is 23.8 Å². The molecule has 0 fully saturated rings. The third-order valence-corrected chi connectivity index (χ3v) is 6.82. The van der Waals surface area contributed by atoms with Crippen LogP contribution in [0, 0.1) is 0 Å². The van der Waals surface area contributed by atoms with E-state index in [4.69, 9.17) is 8.85 Å². The van der Waals surface area contributed by atoms with Crippen molar-refractivity contribution < 1.29 is 8.85 Å². The van der Waals surface area contributed by atoms with Gasteiger partial charge in [-0.25, -0.2) is 0 Å². The Balaban J connectivity index is 5.12. The van der Waals surface area contributed by atoms with Gasteiger partial charge < -0.3 is 8.85 Å². The van der Waals surface area contributed by atoms with Crippen molar-refractivity contribution in [2.75, 3.05) is 13.2 Å². The van der Waals surface area contributed by atoms with E-state index in [0.717, 1.165) is 26.1 Å². The van der Waals surface area contributed by atoms with E-state index in [9.17, 15) is 0 Å². The summed E-state index contributed by atoms with van der Waals surface area (Å²) in [5, 5.41) is 0.00458. The first-order valence-corrected chi connectivity index (χ1v) is 8.97. The topological polar surface area (TPSA) is 30.5 Å². The van der Waals surface area contributed by atoms with Crippen LogP contribution >= 0.6 is 0 Å². The van der Waals surface area contributed by atoms with Crippen LogP contribution in [0.2, 0.25) is 5.04 Å². The van der Waals surface area contributed by atoms with Gasteiger partial charge in [0.15, 0.2) is 0 Å². The fraction of sp³-hybridized carbons (Fsp3) is 1.00. The van der Waals surface area contributed by atoms with Gasteiger partial charge in [-0.1, -0.05) is 34.6 Å². The highest BCUT2D eigenvalue weighted by Gasteiger charge is 2.52. The minimum Gasteiger partial charge on any atom is -0.382 e. The molecule has 1 N–H and O–H groups in total. The lowest BCUT2D eigenvalue weighted by Gasteiger charge is -2.44. The quantitative estimate of drug-likeness (QED) is 0.713. The SMILES string of the molecule is CCCO[Si](NC(C)(C)C)(OCCC)C(C)(C)C. The van der Waals surface area contributed by atoms with Gasteiger partial charge in [-0.3, -0.25) is 4.98 Å². The Morgan fingerprint density at radius 1 is 0.833 bits per heavy atom. The smallest absolute Gasteiger partial charge is 0.382 e. The summed E-state index contributed by atoms with van der Waals surface area (Å²) in [4.78, 5) is 3.67. The largest absolute Gasteiger partial charge is 0.431 e. The molecular formula is C14H33NO2Si. The predicted octanol–water partition coefficient (Wildman–Crippen LogP) is 3.97. The first-order valence-electron chi connectivity index (χ1n) is 7.15. The van der Waals surface area contributed by atoms with Crippen LogP contribution in [0.4, 0.5) is 0 Å². The molecule has 0 unspecified atom stereocenters. The molecule has 0 aromatic heterocycles. The number of nitrogens with one attached hydrogen (secondary N) is 1. The van der Waals surface area contributed by atoms with Gasteiger partial charge in [0.2, 0.25) is 0 Å². The molecule has 0 spiro atoms. The summed E-state index contributed by atoms with van der Waals surface area (Å²) in [5.41, 5.74) is 0.000977. The monoisotopic (exact) mass is 275 g/mol. The molecule has 0 aliphatic rings. The lowest BCUT2D eigenvalue weighted by molar-refractivity contribution is 0.126. The van der Waals surface area contributed by atoms with E-state index in [1.165, 1.54) is 0 Å². The van der Waals surface area contributed by atoms with Crippen LogP contribution in [0.1, 0.15) is 68.2 Å². The third kappa shape index (κ3) is 5.82. The summed E-state index contributed by atoms with van der Waals surface area (Å²) in [6.45, 7) is 18.9. The molecule has 0 aliphatic heterocycles. The minimum atomic E-state index is -2.42. The van der Waals surface area contributed by atoms with Crippen molar-refractivity contribution in [1.29, 1.82) is 0 Å². The second kappa shape index (κ2) is 7.03. The maximum absolute atomic E-state index is 6.23. The lowest BCUT2D eigenvalue weighted by atomic mass is 10.1. The Kier molecular flexibility index (Phi) is 7.07. The molecular weight excluding hydrogens is 242 g/mol. The standard InChI is InChI=1S/C14H33NO2Si/c1-9-11-16-18(14(6,7)8,17-12-10-2)15-13(3,4)5/h15H,9-12H2,1-8H3. The van der Waals surface area contributed by atoms with E-state index in [-0.39, 0.29) is 10.6 Å². The van der Waals surface area contributed by atoms with Crippen LogP contribution in [0.5, 0.6) is 0 Å². The Labute approximate surface area is 115 Å². The van der Waals surface area contributed by atoms with Crippen molar-refractivity contribution in [2.24, 2.45) is 0 Å². The normalized spacial score (nSPS) is 14.0. The molecule has 18 heavy (non-hydrogen) atoms. The summed E-state index contributed by atoms with van der Waals surface area (Å²) in [5.74, 6) is 0. The van der Waals surface area contributed by atoms with Crippen molar-refractivity contribution in [1.82, 2.24) is 4.98 Å². The molecule has 0 radical (unpaired) electrons. The highest BCUT2D eigenvalue weighted by molar-refractivity contribution is 6.68. The zero-order valence-corrected chi connectivity index (χ0v) is 14.6. The van der Waals surface area contributed by atoms with Crippen LogP contribution in [-0.2, 0) is 8.85 Å². The maximum Gasteiger partial charge on any atom is 0.431 e. The average molecular weight is 276 g/mol. The summed E-state index contributed by atoms with van der Waals surface area (Å²) >= 11 is 0. The lowest BCUT2D eigenvalue weighted by Crippen LogP contribution is -2.67. The summed E-state index contributed by atoms with van der Waals surface area (Å²) in [6, 6.07) is 0. The highest BCUT2D eigenvalue weighted by Crippen LogP contribution is 2.37. The highest BCUT2D eigenvalue weighted by atomic mass is 28.4. The predicted molar refractivity (Wildman–Crippen MR) is 80.8 cm³/mol. The van der Waals surface area contributed by atoms with Crippen molar-refractivity contribution in [3.8, 4) is 0 Å². The molecule has 0 aromatic carbocycles. The molecule has 0 bridgehead atoms. The molecule has 4 heteroatoms. The molecule has 0 aromatic rings. The van der Waals surface area contributed by atoms with Crippen molar-refractivity contribution in [2.45, 2.75) is 78.8 Å². The summed E-state index contributed by atoms with van der Waals surface area (Å²) < 4.78 is 12.5. The van der Waals surface area contributed by atoms with Gasteiger partial charge in [-0.2, -0.15) is 0 Å². The third-order valence-electron chi connectivity index (χ3n) is 2.55. The Morgan fingerprint density at radius 3 is 1.44 bits per heavy atom. The summed E-state index contributed by atoms with van der Waals surface area (Å²) in [7, 11) is -2.42. The molecule has 0 heterocycles. The molecule has 0 atom stereocenters. The Hall–Kier alpha value is 0.0969. The van der Waals surface area contributed by atoms with Gasteiger partial charge in [-0.15, -0.1) is 0 Å². The van der Waals surface area contributed by atoms with Crippen LogP contribution in [0.3, 0.4) is 0 Å². The van der Waals surface area contributed by atoms with E-state index in [2.05, 4.69) is 60.4 Å². The molecule has 0 rings (SSSR count). The van der Waals surface area contributed by atoms with Crippen molar-refractivity contribution in [3.63, 3.8) is 0 Å². The van der Waals surface area contributed by atoms with Crippen LogP contribution < -0.4 is 4.98 Å². The molecule has 0 amide bonds. The van der Waals surface area contributed by atoms with Crippen molar-refractivity contribution in [3.05, 3.63) is 0 Å². The molecule has 0 saturated carbocycles. The van der Waals surface area contributed by atoms with Crippen LogP contribution in [-0.4, -0.2) is 27.5 Å². The fourth-order valence-corrected chi connectivity index (χ4v) is 5.16. The van der Waals surface area contributed by atoms with Gasteiger partial charge >= 0.3 is 8.72 Å². The zero-order chi connectivity index (χ0) is 14.4. The Morgan fingerprint density at radius 2 is 1.22 bits per heavy atom. The van der Waals surface area contributed by atoms with Gasteiger partial charge in [0.1, 0.15) is 0 Å². The molecule has 3 nitrogen and oxygen atoms in total. The Bertz CT molecular complexity index is 223. The van der Waals surface area contributed by atoms with E-state index in [1.54, 1.807) is 0 Å². The van der Waals surface area contributed by atoms with E-state index in [0.29, 0.717) is 0 Å². The van der Waals surface area contributed by atoms with E-state index in [1.807, 2.05) is 0 Å². The molecule has 0 saturated heterocycles. The van der Waals surface area contributed by atoms with E-state index >= 15 is 0 Å². The molecule has 110 valence electrons. The zero-order valence-electron chi connectivity index (χ0n) is 13.6. The second-order valence-electron chi connectivity index (χ2n) is 6.94. The first-order chi connectivity index (χ1) is 8.08. The van der Waals surface area contributed by atoms with Crippen molar-refractivity contribution >= 4 is 8.72 Å². The van der Waals surface area contributed by atoms with Crippen LogP contribution in [0.15, 0.2) is 0 Å². The van der Waals surface area contributed by atoms with Gasteiger partial charge in [0.25, 0.3) is 0 Å². The van der Waals surface area contributed by atoms with Crippen LogP contribution in [0.25, 0.3) is 0 Å². The van der Waals surface area contributed by atoms with Gasteiger partial charge in [-0.05, 0) is 33.6 Å². The average Bonchev–Trinajstić information content (AvgIpc) is 2.18. The summed E-state index contributed by atoms with van der Waals surface area (Å²) in [6.07, 6.45) is 2.04. The van der Waals surface area contributed by atoms with E-state index < -0.39 is 8.72 Å². The minimum absolute atomic E-state index is 0.000977.